The first-order valence-corrected chi connectivity index (χ1v) is 8.94. The van der Waals surface area contributed by atoms with E-state index in [1.165, 1.54) is 5.56 Å². The van der Waals surface area contributed by atoms with E-state index in [4.69, 9.17) is 14.6 Å². The Labute approximate surface area is 169 Å². The summed E-state index contributed by atoms with van der Waals surface area (Å²) in [6.45, 7) is 4.61. The molecule has 1 aromatic carbocycles. The lowest BCUT2D eigenvalue weighted by atomic mass is 10.2. The number of alkyl halides is 3. The molecule has 4 rings (SSSR count). The SMILES string of the molecule is O=C(O)C(F)(F)F.c1cc(-n2cc(-c3cn[nH]c3)nn2)ccc1CN1CCOCC1. The number of benzene rings is 1. The van der Waals surface area contributed by atoms with Gasteiger partial charge in [-0.2, -0.15) is 18.3 Å². The van der Waals surface area contributed by atoms with E-state index in [9.17, 15) is 13.2 Å². The molecule has 0 atom stereocenters. The van der Waals surface area contributed by atoms with Gasteiger partial charge in [-0.25, -0.2) is 9.48 Å². The topological polar surface area (TPSA) is 109 Å². The van der Waals surface area contributed by atoms with Crippen LogP contribution in [0.5, 0.6) is 0 Å². The smallest absolute Gasteiger partial charge is 0.475 e. The van der Waals surface area contributed by atoms with Crippen LogP contribution < -0.4 is 0 Å². The molecule has 0 aliphatic carbocycles. The van der Waals surface area contributed by atoms with Gasteiger partial charge in [0.25, 0.3) is 0 Å². The normalized spacial score (nSPS) is 14.8. The third-order valence-electron chi connectivity index (χ3n) is 4.24. The zero-order chi connectivity index (χ0) is 21.6. The first-order valence-electron chi connectivity index (χ1n) is 8.94. The maximum absolute atomic E-state index is 10.6. The molecule has 1 saturated heterocycles. The fourth-order valence-corrected chi connectivity index (χ4v) is 2.68. The van der Waals surface area contributed by atoms with Gasteiger partial charge in [0, 0.05) is 31.4 Å². The number of nitrogens with one attached hydrogen (secondary N) is 1. The average Bonchev–Trinajstić information content (AvgIpc) is 3.41. The van der Waals surface area contributed by atoms with Crippen LogP contribution in [0.1, 0.15) is 5.56 Å². The molecular formula is C18H19F3N6O3. The summed E-state index contributed by atoms with van der Waals surface area (Å²) in [5.41, 5.74) is 4.03. The molecule has 0 unspecified atom stereocenters. The summed E-state index contributed by atoms with van der Waals surface area (Å²) >= 11 is 0. The molecule has 0 amide bonds. The van der Waals surface area contributed by atoms with E-state index in [0.29, 0.717) is 0 Å². The van der Waals surface area contributed by atoms with E-state index in [2.05, 4.69) is 49.7 Å². The lowest BCUT2D eigenvalue weighted by Crippen LogP contribution is -2.35. The zero-order valence-corrected chi connectivity index (χ0v) is 15.7. The third kappa shape index (κ3) is 5.87. The zero-order valence-electron chi connectivity index (χ0n) is 15.7. The Morgan fingerprint density at radius 3 is 2.43 bits per heavy atom. The molecule has 1 fully saturated rings. The van der Waals surface area contributed by atoms with E-state index in [-0.39, 0.29) is 0 Å². The molecule has 30 heavy (non-hydrogen) atoms. The Hall–Kier alpha value is -3.25. The van der Waals surface area contributed by atoms with Crippen molar-refractivity contribution < 1.29 is 27.8 Å². The van der Waals surface area contributed by atoms with Crippen LogP contribution in [-0.4, -0.2) is 73.6 Å². The van der Waals surface area contributed by atoms with Crippen molar-refractivity contribution in [3.63, 3.8) is 0 Å². The number of hydrogen-bond donors (Lipinski definition) is 2. The predicted molar refractivity (Wildman–Crippen MR) is 98.7 cm³/mol. The predicted octanol–water partition coefficient (Wildman–Crippen LogP) is 2.12. The van der Waals surface area contributed by atoms with Crippen LogP contribution in [0.25, 0.3) is 16.9 Å². The number of carboxylic acid groups (broad SMARTS) is 1. The van der Waals surface area contributed by atoms with Crippen molar-refractivity contribution in [2.24, 2.45) is 0 Å². The molecule has 9 nitrogen and oxygen atoms in total. The highest BCUT2D eigenvalue weighted by molar-refractivity contribution is 5.73. The van der Waals surface area contributed by atoms with E-state index in [0.717, 1.165) is 49.8 Å². The van der Waals surface area contributed by atoms with Gasteiger partial charge in [-0.05, 0) is 17.7 Å². The van der Waals surface area contributed by atoms with Gasteiger partial charge in [0.15, 0.2) is 0 Å². The molecule has 12 heteroatoms. The number of carbonyl (C=O) groups is 1. The number of rotatable bonds is 4. The Morgan fingerprint density at radius 2 is 1.87 bits per heavy atom. The highest BCUT2D eigenvalue weighted by Gasteiger charge is 2.38. The van der Waals surface area contributed by atoms with Crippen LogP contribution in [0.4, 0.5) is 13.2 Å². The standard InChI is InChI=1S/C16H18N6O.C2HF3O2/c1-3-15(4-2-13(1)11-21-5-7-23-8-6-21)22-12-16(19-20-22)14-9-17-18-10-14;3-2(4,5)1(6)7/h1-4,9-10,12H,5-8,11H2,(H,17,18);(H,6,7). The van der Waals surface area contributed by atoms with Gasteiger partial charge in [-0.15, -0.1) is 5.10 Å². The summed E-state index contributed by atoms with van der Waals surface area (Å²) in [6, 6.07) is 8.43. The van der Waals surface area contributed by atoms with Gasteiger partial charge in [0.05, 0.1) is 31.3 Å². The maximum Gasteiger partial charge on any atom is 0.490 e. The molecule has 160 valence electrons. The minimum absolute atomic E-state index is 0.802. The lowest BCUT2D eigenvalue weighted by molar-refractivity contribution is -0.192. The molecule has 2 N–H and O–H groups in total. The Balaban J connectivity index is 0.000000318. The molecule has 2 aromatic heterocycles. The van der Waals surface area contributed by atoms with Crippen molar-refractivity contribution in [1.82, 2.24) is 30.1 Å². The van der Waals surface area contributed by atoms with Crippen LogP contribution in [0.15, 0.2) is 42.9 Å². The minimum atomic E-state index is -5.08. The number of carboxylic acids is 1. The number of aliphatic carboxylic acids is 1. The van der Waals surface area contributed by atoms with Gasteiger partial charge in [0.1, 0.15) is 5.69 Å². The summed E-state index contributed by atoms with van der Waals surface area (Å²) < 4.78 is 38.9. The number of ether oxygens (including phenoxy) is 1. The van der Waals surface area contributed by atoms with Crippen LogP contribution in [0, 0.1) is 0 Å². The second-order valence-corrected chi connectivity index (χ2v) is 6.39. The molecule has 0 spiro atoms. The highest BCUT2D eigenvalue weighted by Crippen LogP contribution is 2.17. The first kappa shape index (κ1) is 21.5. The summed E-state index contributed by atoms with van der Waals surface area (Å²) in [4.78, 5) is 11.3. The maximum atomic E-state index is 10.6. The van der Waals surface area contributed by atoms with Crippen molar-refractivity contribution in [3.8, 4) is 16.9 Å². The van der Waals surface area contributed by atoms with Gasteiger partial charge in [0.2, 0.25) is 0 Å². The number of aromatic nitrogens is 5. The quantitative estimate of drug-likeness (QED) is 0.660. The van der Waals surface area contributed by atoms with Gasteiger partial charge in [-0.3, -0.25) is 10.00 Å². The number of halogens is 3. The van der Waals surface area contributed by atoms with E-state index >= 15 is 0 Å². The monoisotopic (exact) mass is 424 g/mol. The van der Waals surface area contributed by atoms with Crippen molar-refractivity contribution in [2.75, 3.05) is 26.3 Å². The fourth-order valence-electron chi connectivity index (χ4n) is 2.68. The molecule has 1 aliphatic rings. The summed E-state index contributed by atoms with van der Waals surface area (Å²) in [7, 11) is 0. The number of morpholine rings is 1. The highest BCUT2D eigenvalue weighted by atomic mass is 19.4. The number of hydrogen-bond acceptors (Lipinski definition) is 6. The average molecular weight is 424 g/mol. The van der Waals surface area contributed by atoms with E-state index in [1.807, 2.05) is 6.20 Å². The van der Waals surface area contributed by atoms with Crippen molar-refractivity contribution in [3.05, 3.63) is 48.4 Å². The molecule has 0 saturated carbocycles. The second kappa shape index (κ2) is 9.50. The van der Waals surface area contributed by atoms with Gasteiger partial charge >= 0.3 is 12.1 Å². The summed E-state index contributed by atoms with van der Waals surface area (Å²) in [5.74, 6) is -2.76. The minimum Gasteiger partial charge on any atom is -0.475 e. The third-order valence-corrected chi connectivity index (χ3v) is 4.24. The molecule has 0 radical (unpaired) electrons. The lowest BCUT2D eigenvalue weighted by Gasteiger charge is -2.26. The number of aromatic amines is 1. The summed E-state index contributed by atoms with van der Waals surface area (Å²) in [6.07, 6.45) is 0.363. The molecule has 0 bridgehead atoms. The van der Waals surface area contributed by atoms with Crippen molar-refractivity contribution >= 4 is 5.97 Å². The van der Waals surface area contributed by atoms with Crippen LogP contribution in [0.2, 0.25) is 0 Å². The van der Waals surface area contributed by atoms with Crippen molar-refractivity contribution in [1.29, 1.82) is 0 Å². The fraction of sp³-hybridized carbons (Fsp3) is 0.333. The van der Waals surface area contributed by atoms with Crippen LogP contribution in [-0.2, 0) is 16.1 Å². The molecular weight excluding hydrogens is 405 g/mol. The Bertz CT molecular complexity index is 935. The van der Waals surface area contributed by atoms with E-state index in [1.54, 1.807) is 17.1 Å². The molecule has 3 aromatic rings. The number of nitrogens with zero attached hydrogens (tertiary/aromatic N) is 5. The molecule has 3 heterocycles. The van der Waals surface area contributed by atoms with Gasteiger partial charge in [-0.1, -0.05) is 17.3 Å². The van der Waals surface area contributed by atoms with Crippen molar-refractivity contribution in [2.45, 2.75) is 12.7 Å². The van der Waals surface area contributed by atoms with E-state index < -0.39 is 12.1 Å². The Morgan fingerprint density at radius 1 is 1.20 bits per heavy atom. The second-order valence-electron chi connectivity index (χ2n) is 6.39. The largest absolute Gasteiger partial charge is 0.490 e. The first-order chi connectivity index (χ1) is 14.3. The summed E-state index contributed by atoms with van der Waals surface area (Å²) in [5, 5.41) is 22.2. The molecule has 1 aliphatic heterocycles. The Kier molecular flexibility index (Phi) is 6.79. The number of H-pyrrole nitrogens is 1. The van der Waals surface area contributed by atoms with Crippen LogP contribution >= 0.6 is 0 Å². The van der Waals surface area contributed by atoms with Crippen LogP contribution in [0.3, 0.4) is 0 Å². The van der Waals surface area contributed by atoms with Gasteiger partial charge < -0.3 is 9.84 Å².